The summed E-state index contributed by atoms with van der Waals surface area (Å²) in [6.07, 6.45) is 1.69. The standard InChI is InChI=1S/C13H18FN5O/c1-3-4-8(6-20)17-12-11-10(18-13(15)19-12)5-9(14)7(2)16-11/h5,8,20H,3-4,6H2,1-2H3,(H3,15,17,18,19)/t8-/m0/s1. The molecule has 0 saturated heterocycles. The molecule has 0 aromatic carbocycles. The second-order valence-corrected chi connectivity index (χ2v) is 4.67. The molecule has 0 radical (unpaired) electrons. The lowest BCUT2D eigenvalue weighted by Gasteiger charge is -2.17. The number of pyridine rings is 1. The van der Waals surface area contributed by atoms with E-state index in [0.717, 1.165) is 12.8 Å². The van der Waals surface area contributed by atoms with E-state index in [4.69, 9.17) is 5.73 Å². The summed E-state index contributed by atoms with van der Waals surface area (Å²) in [5.74, 6) is 0.0233. The molecule has 2 aromatic rings. The second-order valence-electron chi connectivity index (χ2n) is 4.67. The van der Waals surface area contributed by atoms with Gasteiger partial charge in [-0.3, -0.25) is 0 Å². The van der Waals surface area contributed by atoms with Crippen molar-refractivity contribution in [1.29, 1.82) is 0 Å². The first-order valence-electron chi connectivity index (χ1n) is 6.53. The van der Waals surface area contributed by atoms with Crippen LogP contribution in [0.25, 0.3) is 11.0 Å². The topological polar surface area (TPSA) is 97.0 Å². The summed E-state index contributed by atoms with van der Waals surface area (Å²) in [6, 6.07) is 1.14. The summed E-state index contributed by atoms with van der Waals surface area (Å²) in [7, 11) is 0. The van der Waals surface area contributed by atoms with Gasteiger partial charge in [-0.1, -0.05) is 13.3 Å². The van der Waals surface area contributed by atoms with Crippen LogP contribution in [0, 0.1) is 12.7 Å². The number of aliphatic hydroxyl groups is 1. The molecule has 20 heavy (non-hydrogen) atoms. The normalized spacial score (nSPS) is 12.6. The zero-order valence-corrected chi connectivity index (χ0v) is 11.5. The highest BCUT2D eigenvalue weighted by Crippen LogP contribution is 2.22. The van der Waals surface area contributed by atoms with Gasteiger partial charge >= 0.3 is 0 Å². The molecule has 6 nitrogen and oxygen atoms in total. The highest BCUT2D eigenvalue weighted by Gasteiger charge is 2.14. The van der Waals surface area contributed by atoms with Gasteiger partial charge in [0.15, 0.2) is 5.82 Å². The number of fused-ring (bicyclic) bond motifs is 1. The number of aromatic nitrogens is 3. The van der Waals surface area contributed by atoms with Gasteiger partial charge in [0.2, 0.25) is 5.95 Å². The van der Waals surface area contributed by atoms with Crippen molar-refractivity contribution in [3.05, 3.63) is 17.6 Å². The molecule has 4 N–H and O–H groups in total. The highest BCUT2D eigenvalue weighted by molar-refractivity contribution is 5.86. The molecule has 0 fully saturated rings. The molecule has 0 aliphatic rings. The summed E-state index contributed by atoms with van der Waals surface area (Å²) in [5.41, 5.74) is 6.69. The third kappa shape index (κ3) is 2.93. The van der Waals surface area contributed by atoms with Gasteiger partial charge in [0.05, 0.1) is 23.9 Å². The van der Waals surface area contributed by atoms with Crippen LogP contribution < -0.4 is 11.1 Å². The van der Waals surface area contributed by atoms with Crippen molar-refractivity contribution in [3.63, 3.8) is 0 Å². The van der Waals surface area contributed by atoms with Crippen LogP contribution in [0.5, 0.6) is 0 Å². The number of anilines is 2. The van der Waals surface area contributed by atoms with Gasteiger partial charge in [0.1, 0.15) is 11.3 Å². The van der Waals surface area contributed by atoms with Crippen molar-refractivity contribution in [2.24, 2.45) is 0 Å². The number of aliphatic hydroxyl groups excluding tert-OH is 1. The monoisotopic (exact) mass is 279 g/mol. The van der Waals surface area contributed by atoms with Crippen LogP contribution in [0.2, 0.25) is 0 Å². The van der Waals surface area contributed by atoms with Crippen LogP contribution in [0.1, 0.15) is 25.5 Å². The Bertz CT molecular complexity index is 619. The fourth-order valence-corrected chi connectivity index (χ4v) is 2.00. The quantitative estimate of drug-likeness (QED) is 0.769. The lowest BCUT2D eigenvalue weighted by Crippen LogP contribution is -2.24. The van der Waals surface area contributed by atoms with E-state index in [1.54, 1.807) is 6.92 Å². The molecule has 2 rings (SSSR count). The van der Waals surface area contributed by atoms with Crippen molar-refractivity contribution < 1.29 is 9.50 Å². The molecule has 0 saturated carbocycles. The van der Waals surface area contributed by atoms with Gasteiger partial charge in [-0.2, -0.15) is 4.98 Å². The average Bonchev–Trinajstić information content (AvgIpc) is 2.40. The Labute approximate surface area is 116 Å². The van der Waals surface area contributed by atoms with Crippen LogP contribution >= 0.6 is 0 Å². The first kappa shape index (κ1) is 14.4. The van der Waals surface area contributed by atoms with E-state index < -0.39 is 5.82 Å². The van der Waals surface area contributed by atoms with Crippen molar-refractivity contribution >= 4 is 22.8 Å². The van der Waals surface area contributed by atoms with Crippen LogP contribution in [-0.4, -0.2) is 32.7 Å². The Morgan fingerprint density at radius 2 is 2.15 bits per heavy atom. The largest absolute Gasteiger partial charge is 0.394 e. The van der Waals surface area contributed by atoms with E-state index in [1.165, 1.54) is 6.07 Å². The van der Waals surface area contributed by atoms with Crippen LogP contribution in [0.15, 0.2) is 6.07 Å². The van der Waals surface area contributed by atoms with Gasteiger partial charge in [-0.15, -0.1) is 0 Å². The maximum atomic E-state index is 13.5. The Kier molecular flexibility index (Phi) is 4.29. The molecular formula is C13H18FN5O. The number of rotatable bonds is 5. The fourth-order valence-electron chi connectivity index (χ4n) is 2.00. The van der Waals surface area contributed by atoms with E-state index in [1.807, 2.05) is 6.92 Å². The first-order valence-corrected chi connectivity index (χ1v) is 6.53. The van der Waals surface area contributed by atoms with Gasteiger partial charge in [-0.05, 0) is 13.3 Å². The Balaban J connectivity index is 2.48. The van der Waals surface area contributed by atoms with Crippen molar-refractivity contribution in [1.82, 2.24) is 15.0 Å². The molecule has 108 valence electrons. The predicted molar refractivity (Wildman–Crippen MR) is 75.8 cm³/mol. The molecule has 2 aromatic heterocycles. The maximum absolute atomic E-state index is 13.5. The number of halogens is 1. The van der Waals surface area contributed by atoms with Crippen molar-refractivity contribution in [2.75, 3.05) is 17.7 Å². The molecule has 2 heterocycles. The fraction of sp³-hybridized carbons (Fsp3) is 0.462. The number of nitrogens with zero attached hydrogens (tertiary/aromatic N) is 3. The minimum atomic E-state index is -0.436. The molecule has 1 atom stereocenters. The summed E-state index contributed by atoms with van der Waals surface area (Å²) in [6.45, 7) is 3.57. The third-order valence-corrected chi connectivity index (χ3v) is 3.02. The third-order valence-electron chi connectivity index (χ3n) is 3.02. The summed E-state index contributed by atoms with van der Waals surface area (Å²) >= 11 is 0. The summed E-state index contributed by atoms with van der Waals surface area (Å²) in [4.78, 5) is 12.2. The molecule has 0 unspecified atom stereocenters. The van der Waals surface area contributed by atoms with Crippen LogP contribution in [0.4, 0.5) is 16.2 Å². The van der Waals surface area contributed by atoms with Gasteiger partial charge in [0, 0.05) is 6.07 Å². The van der Waals surface area contributed by atoms with Crippen LogP contribution in [0.3, 0.4) is 0 Å². The van der Waals surface area contributed by atoms with E-state index >= 15 is 0 Å². The Hall–Kier alpha value is -2.02. The molecule has 0 spiro atoms. The SMILES string of the molecule is CCC[C@@H](CO)Nc1nc(N)nc2cc(F)c(C)nc12. The molecule has 0 amide bonds. The van der Waals surface area contributed by atoms with E-state index in [2.05, 4.69) is 20.3 Å². The highest BCUT2D eigenvalue weighted by atomic mass is 19.1. The van der Waals surface area contributed by atoms with Gasteiger partial charge < -0.3 is 16.2 Å². The van der Waals surface area contributed by atoms with Gasteiger partial charge in [-0.25, -0.2) is 14.4 Å². The molecular weight excluding hydrogens is 261 g/mol. The number of hydrogen-bond acceptors (Lipinski definition) is 6. The van der Waals surface area contributed by atoms with Crippen molar-refractivity contribution in [2.45, 2.75) is 32.7 Å². The lowest BCUT2D eigenvalue weighted by atomic mass is 10.2. The summed E-state index contributed by atoms with van der Waals surface area (Å²) in [5, 5.41) is 12.4. The smallest absolute Gasteiger partial charge is 0.222 e. The van der Waals surface area contributed by atoms with Crippen LogP contribution in [-0.2, 0) is 0 Å². The van der Waals surface area contributed by atoms with E-state index in [0.29, 0.717) is 16.9 Å². The number of nitrogen functional groups attached to an aromatic ring is 1. The van der Waals surface area contributed by atoms with Gasteiger partial charge in [0.25, 0.3) is 0 Å². The summed E-state index contributed by atoms with van der Waals surface area (Å²) < 4.78 is 13.5. The number of nitrogens with one attached hydrogen (secondary N) is 1. The Morgan fingerprint density at radius 3 is 2.80 bits per heavy atom. The first-order chi connectivity index (χ1) is 9.55. The zero-order chi connectivity index (χ0) is 14.7. The minimum Gasteiger partial charge on any atom is -0.394 e. The van der Waals surface area contributed by atoms with E-state index in [-0.39, 0.29) is 24.3 Å². The number of aryl methyl sites for hydroxylation is 1. The zero-order valence-electron chi connectivity index (χ0n) is 11.5. The molecule has 0 aliphatic heterocycles. The minimum absolute atomic E-state index is 0.0284. The second kappa shape index (κ2) is 5.96. The van der Waals surface area contributed by atoms with E-state index in [9.17, 15) is 9.50 Å². The molecule has 0 bridgehead atoms. The maximum Gasteiger partial charge on any atom is 0.222 e. The number of nitrogens with two attached hydrogens (primary N) is 1. The molecule has 7 heteroatoms. The number of hydrogen-bond donors (Lipinski definition) is 3. The Morgan fingerprint density at radius 1 is 1.40 bits per heavy atom. The predicted octanol–water partition coefficient (Wildman–Crippen LogP) is 1.63. The van der Waals surface area contributed by atoms with Crippen molar-refractivity contribution in [3.8, 4) is 0 Å². The lowest BCUT2D eigenvalue weighted by molar-refractivity contribution is 0.268. The molecule has 0 aliphatic carbocycles. The average molecular weight is 279 g/mol.